The minimum atomic E-state index is -4.58. The van der Waals surface area contributed by atoms with Gasteiger partial charge < -0.3 is 15.2 Å². The van der Waals surface area contributed by atoms with Crippen LogP contribution in [0.3, 0.4) is 0 Å². The molecule has 4 nitrogen and oxygen atoms in total. The number of carbonyl (C=O) groups is 1. The van der Waals surface area contributed by atoms with Gasteiger partial charge in [-0.3, -0.25) is 4.79 Å². The van der Waals surface area contributed by atoms with Crippen LogP contribution in [0.1, 0.15) is 5.56 Å². The Morgan fingerprint density at radius 3 is 2.60 bits per heavy atom. The molecule has 0 fully saturated rings. The number of halogens is 4. The van der Waals surface area contributed by atoms with Crippen molar-refractivity contribution in [2.24, 2.45) is 5.73 Å². The van der Waals surface area contributed by atoms with E-state index in [4.69, 9.17) is 5.73 Å². The molecule has 0 saturated heterocycles. The first-order chi connectivity index (χ1) is 9.26. The molecule has 0 aliphatic rings. The fraction of sp³-hybridized carbons (Fsp3) is 0.417. The molecule has 0 heterocycles. The van der Waals surface area contributed by atoms with Crippen LogP contribution < -0.4 is 10.5 Å². The van der Waals surface area contributed by atoms with E-state index < -0.39 is 30.3 Å². The predicted molar refractivity (Wildman–Crippen MR) is 61.7 cm³/mol. The number of benzene rings is 1. The number of alkyl halides is 4. The van der Waals surface area contributed by atoms with Crippen LogP contribution in [-0.2, 0) is 16.0 Å². The van der Waals surface area contributed by atoms with Gasteiger partial charge in [-0.25, -0.2) is 0 Å². The summed E-state index contributed by atoms with van der Waals surface area (Å²) in [5.74, 6) is -1.11. The average molecular weight is 295 g/mol. The molecule has 0 saturated carbocycles. The Morgan fingerprint density at radius 2 is 2.05 bits per heavy atom. The molecular formula is C12H13F4NO3. The SMILES string of the molecule is COC(=O)[C@H](N)Cc1cccc(OC(F)(F)C(F)F)c1. The lowest BCUT2D eigenvalue weighted by molar-refractivity contribution is -0.253. The quantitative estimate of drug-likeness (QED) is 0.644. The van der Waals surface area contributed by atoms with Gasteiger partial charge in [0.15, 0.2) is 0 Å². The van der Waals surface area contributed by atoms with Gasteiger partial charge in [0, 0.05) is 0 Å². The lowest BCUT2D eigenvalue weighted by Gasteiger charge is -2.17. The smallest absolute Gasteiger partial charge is 0.461 e. The Morgan fingerprint density at radius 1 is 1.40 bits per heavy atom. The molecule has 0 bridgehead atoms. The fourth-order valence-electron chi connectivity index (χ4n) is 1.43. The van der Waals surface area contributed by atoms with E-state index in [-0.39, 0.29) is 6.42 Å². The Kier molecular flexibility index (Phi) is 5.32. The molecule has 0 unspecified atom stereocenters. The maximum absolute atomic E-state index is 12.7. The molecule has 8 heteroatoms. The first kappa shape index (κ1) is 16.2. The molecule has 0 spiro atoms. The van der Waals surface area contributed by atoms with Crippen molar-refractivity contribution in [3.8, 4) is 5.75 Å². The third-order valence-electron chi connectivity index (χ3n) is 2.37. The van der Waals surface area contributed by atoms with E-state index in [2.05, 4.69) is 9.47 Å². The number of methoxy groups -OCH3 is 1. The zero-order valence-corrected chi connectivity index (χ0v) is 10.5. The zero-order chi connectivity index (χ0) is 15.3. The minimum absolute atomic E-state index is 0.00409. The van der Waals surface area contributed by atoms with Crippen LogP contribution in [0.15, 0.2) is 24.3 Å². The molecule has 20 heavy (non-hydrogen) atoms. The molecule has 1 aromatic rings. The number of carbonyl (C=O) groups excluding carboxylic acids is 1. The Balaban J connectivity index is 2.78. The topological polar surface area (TPSA) is 61.5 Å². The first-order valence-electron chi connectivity index (χ1n) is 5.53. The third kappa shape index (κ3) is 4.37. The first-order valence-corrected chi connectivity index (χ1v) is 5.53. The van der Waals surface area contributed by atoms with Crippen molar-refractivity contribution in [1.29, 1.82) is 0 Å². The van der Waals surface area contributed by atoms with Gasteiger partial charge in [0.1, 0.15) is 11.8 Å². The average Bonchev–Trinajstić information content (AvgIpc) is 2.37. The van der Waals surface area contributed by atoms with Gasteiger partial charge in [0.2, 0.25) is 0 Å². The van der Waals surface area contributed by atoms with Crippen LogP contribution >= 0.6 is 0 Å². The molecule has 0 amide bonds. The molecule has 1 atom stereocenters. The normalized spacial score (nSPS) is 13.2. The van der Waals surface area contributed by atoms with E-state index in [0.29, 0.717) is 5.56 Å². The van der Waals surface area contributed by atoms with Crippen molar-refractivity contribution in [1.82, 2.24) is 0 Å². The highest BCUT2D eigenvalue weighted by Crippen LogP contribution is 2.28. The van der Waals surface area contributed by atoms with Gasteiger partial charge in [-0.05, 0) is 24.1 Å². The van der Waals surface area contributed by atoms with Gasteiger partial charge in [-0.15, -0.1) is 0 Å². The van der Waals surface area contributed by atoms with Crippen LogP contribution in [0.2, 0.25) is 0 Å². The summed E-state index contributed by atoms with van der Waals surface area (Å²) in [4.78, 5) is 11.1. The van der Waals surface area contributed by atoms with E-state index in [1.165, 1.54) is 12.1 Å². The summed E-state index contributed by atoms with van der Waals surface area (Å²) >= 11 is 0. The summed E-state index contributed by atoms with van der Waals surface area (Å²) in [7, 11) is 1.16. The maximum atomic E-state index is 12.7. The monoisotopic (exact) mass is 295 g/mol. The number of esters is 1. The van der Waals surface area contributed by atoms with Crippen LogP contribution in [-0.4, -0.2) is 31.7 Å². The Hall–Kier alpha value is -1.83. The highest BCUT2D eigenvalue weighted by Gasteiger charge is 2.43. The second-order valence-corrected chi connectivity index (χ2v) is 3.95. The summed E-state index contributed by atoms with van der Waals surface area (Å²) < 4.78 is 57.8. The minimum Gasteiger partial charge on any atom is -0.468 e. The van der Waals surface area contributed by atoms with Gasteiger partial charge in [0.25, 0.3) is 0 Å². The summed E-state index contributed by atoms with van der Waals surface area (Å²) in [6, 6.07) is 4.06. The summed E-state index contributed by atoms with van der Waals surface area (Å²) in [5.41, 5.74) is 5.88. The zero-order valence-electron chi connectivity index (χ0n) is 10.5. The van der Waals surface area contributed by atoms with Gasteiger partial charge in [-0.2, -0.15) is 17.6 Å². The van der Waals surface area contributed by atoms with Crippen molar-refractivity contribution in [2.75, 3.05) is 7.11 Å². The Bertz CT molecular complexity index is 468. The maximum Gasteiger partial charge on any atom is 0.461 e. The van der Waals surface area contributed by atoms with Crippen LogP contribution in [0.25, 0.3) is 0 Å². The van der Waals surface area contributed by atoms with E-state index in [9.17, 15) is 22.4 Å². The number of hydrogen-bond acceptors (Lipinski definition) is 4. The lowest BCUT2D eigenvalue weighted by Crippen LogP contribution is -2.34. The molecule has 2 N–H and O–H groups in total. The third-order valence-corrected chi connectivity index (χ3v) is 2.37. The van der Waals surface area contributed by atoms with E-state index in [1.807, 2.05) is 0 Å². The van der Waals surface area contributed by atoms with Gasteiger partial charge >= 0.3 is 18.5 Å². The van der Waals surface area contributed by atoms with Crippen LogP contribution in [0, 0.1) is 0 Å². The van der Waals surface area contributed by atoms with Crippen molar-refractivity contribution in [3.05, 3.63) is 29.8 Å². The molecule has 1 aromatic carbocycles. The van der Waals surface area contributed by atoms with Gasteiger partial charge in [-0.1, -0.05) is 12.1 Å². The lowest BCUT2D eigenvalue weighted by atomic mass is 10.1. The number of hydrogen-bond donors (Lipinski definition) is 1. The number of nitrogens with two attached hydrogens (primary N) is 1. The molecule has 1 rings (SSSR count). The fourth-order valence-corrected chi connectivity index (χ4v) is 1.43. The van der Waals surface area contributed by atoms with Crippen LogP contribution in [0.5, 0.6) is 5.75 Å². The van der Waals surface area contributed by atoms with Crippen molar-refractivity contribution in [3.63, 3.8) is 0 Å². The molecule has 112 valence electrons. The second-order valence-electron chi connectivity index (χ2n) is 3.95. The highest BCUT2D eigenvalue weighted by molar-refractivity contribution is 5.75. The number of ether oxygens (including phenoxy) is 2. The standard InChI is InChI=1S/C12H13F4NO3/c1-19-10(18)9(17)6-7-3-2-4-8(5-7)20-12(15,16)11(13)14/h2-5,9,11H,6,17H2,1H3/t9-/m1/s1. The van der Waals surface area contributed by atoms with Crippen molar-refractivity contribution >= 4 is 5.97 Å². The van der Waals surface area contributed by atoms with E-state index in [1.54, 1.807) is 0 Å². The van der Waals surface area contributed by atoms with E-state index in [0.717, 1.165) is 19.2 Å². The molecule has 0 aromatic heterocycles. The predicted octanol–water partition coefficient (Wildman–Crippen LogP) is 1.97. The summed E-state index contributed by atoms with van der Waals surface area (Å²) in [5, 5.41) is 0. The molecule has 0 aliphatic carbocycles. The molecule has 0 aliphatic heterocycles. The van der Waals surface area contributed by atoms with Crippen LogP contribution in [0.4, 0.5) is 17.6 Å². The van der Waals surface area contributed by atoms with Gasteiger partial charge in [0.05, 0.1) is 7.11 Å². The molecule has 0 radical (unpaired) electrons. The number of rotatable bonds is 6. The summed E-state index contributed by atoms with van der Waals surface area (Å²) in [6.07, 6.45) is -8.52. The largest absolute Gasteiger partial charge is 0.468 e. The second kappa shape index (κ2) is 6.56. The molecular weight excluding hydrogens is 282 g/mol. The Labute approximate surface area is 112 Å². The van der Waals surface area contributed by atoms with Crippen molar-refractivity contribution < 1.29 is 31.8 Å². The van der Waals surface area contributed by atoms with E-state index >= 15 is 0 Å². The summed E-state index contributed by atoms with van der Waals surface area (Å²) in [6.45, 7) is 0. The van der Waals surface area contributed by atoms with Crippen molar-refractivity contribution in [2.45, 2.75) is 25.0 Å². The highest BCUT2D eigenvalue weighted by atomic mass is 19.3.